The van der Waals surface area contributed by atoms with Crippen LogP contribution in [-0.4, -0.2) is 55.0 Å². The zero-order valence-corrected chi connectivity index (χ0v) is 21.2. The molecule has 0 radical (unpaired) electrons. The molecule has 3 aromatic rings. The lowest BCUT2D eigenvalue weighted by Crippen LogP contribution is -2.43. The second kappa shape index (κ2) is 14.7. The number of carbonyl (C=O) groups is 2. The summed E-state index contributed by atoms with van der Waals surface area (Å²) in [4.78, 5) is 30.2. The summed E-state index contributed by atoms with van der Waals surface area (Å²) >= 11 is 0. The summed E-state index contributed by atoms with van der Waals surface area (Å²) in [6.07, 6.45) is 4.26. The Morgan fingerprint density at radius 1 is 0.861 bits per heavy atom. The van der Waals surface area contributed by atoms with Crippen LogP contribution in [0, 0.1) is 0 Å². The fraction of sp³-hybridized carbons (Fsp3) is 0.379. The van der Waals surface area contributed by atoms with Crippen molar-refractivity contribution >= 4 is 11.8 Å². The van der Waals surface area contributed by atoms with Gasteiger partial charge < -0.3 is 23.7 Å². The first-order chi connectivity index (χ1) is 17.6. The first-order valence-electron chi connectivity index (χ1n) is 12.5. The molecule has 7 nitrogen and oxygen atoms in total. The van der Waals surface area contributed by atoms with Crippen LogP contribution in [0.15, 0.2) is 77.4 Å². The van der Waals surface area contributed by atoms with Crippen molar-refractivity contribution in [2.45, 2.75) is 39.3 Å². The standard InChI is InChI=1S/C29H36N2O5/c1-3-4-19-35-26-15-13-25(14-16-26)29(33)30(17-9-18-34-2)23-28(32)31(22-27-12-8-20-36-27)21-24-10-6-5-7-11-24/h5-8,10-16,20H,3-4,9,17-19,21-23H2,1-2H3. The van der Waals surface area contributed by atoms with Gasteiger partial charge in [0.15, 0.2) is 0 Å². The molecule has 0 saturated heterocycles. The van der Waals surface area contributed by atoms with Gasteiger partial charge in [-0.1, -0.05) is 43.7 Å². The zero-order valence-electron chi connectivity index (χ0n) is 21.2. The van der Waals surface area contributed by atoms with Gasteiger partial charge in [-0.2, -0.15) is 0 Å². The minimum atomic E-state index is -0.197. The van der Waals surface area contributed by atoms with Gasteiger partial charge in [0.2, 0.25) is 5.91 Å². The summed E-state index contributed by atoms with van der Waals surface area (Å²) in [6.45, 7) is 4.38. The molecule has 0 N–H and O–H groups in total. The SMILES string of the molecule is CCCCOc1ccc(C(=O)N(CCCOC)CC(=O)N(Cc2ccccc2)Cc2ccco2)cc1. The fourth-order valence-electron chi connectivity index (χ4n) is 3.75. The van der Waals surface area contributed by atoms with Crippen LogP contribution >= 0.6 is 0 Å². The van der Waals surface area contributed by atoms with E-state index < -0.39 is 0 Å². The van der Waals surface area contributed by atoms with Gasteiger partial charge in [-0.3, -0.25) is 9.59 Å². The third-order valence-electron chi connectivity index (χ3n) is 5.75. The predicted molar refractivity (Wildman–Crippen MR) is 139 cm³/mol. The Balaban J connectivity index is 1.73. The normalized spacial score (nSPS) is 10.7. The topological polar surface area (TPSA) is 72.2 Å². The third kappa shape index (κ3) is 8.57. The molecule has 0 aliphatic heterocycles. The van der Waals surface area contributed by atoms with Crippen molar-refractivity contribution in [3.63, 3.8) is 0 Å². The van der Waals surface area contributed by atoms with E-state index in [4.69, 9.17) is 13.9 Å². The average Bonchev–Trinajstić information content (AvgIpc) is 3.42. The molecule has 0 fully saturated rings. The molecule has 192 valence electrons. The van der Waals surface area contributed by atoms with Crippen LogP contribution in [0.2, 0.25) is 0 Å². The van der Waals surface area contributed by atoms with Gasteiger partial charge in [-0.05, 0) is 54.8 Å². The van der Waals surface area contributed by atoms with Crippen molar-refractivity contribution in [2.75, 3.05) is 33.4 Å². The van der Waals surface area contributed by atoms with E-state index >= 15 is 0 Å². The van der Waals surface area contributed by atoms with E-state index in [9.17, 15) is 9.59 Å². The largest absolute Gasteiger partial charge is 0.494 e. The minimum absolute atomic E-state index is 0.0369. The lowest BCUT2D eigenvalue weighted by atomic mass is 10.1. The lowest BCUT2D eigenvalue weighted by Gasteiger charge is -2.27. The highest BCUT2D eigenvalue weighted by Gasteiger charge is 2.23. The van der Waals surface area contributed by atoms with E-state index in [1.165, 1.54) is 0 Å². The van der Waals surface area contributed by atoms with Crippen LogP contribution in [-0.2, 0) is 22.6 Å². The number of rotatable bonds is 15. The monoisotopic (exact) mass is 492 g/mol. The molecule has 0 saturated carbocycles. The van der Waals surface area contributed by atoms with Gasteiger partial charge >= 0.3 is 0 Å². The number of carbonyl (C=O) groups excluding carboxylic acids is 2. The van der Waals surface area contributed by atoms with Gasteiger partial charge in [0.1, 0.15) is 18.1 Å². The molecule has 1 aromatic heterocycles. The molecule has 36 heavy (non-hydrogen) atoms. The summed E-state index contributed by atoms with van der Waals surface area (Å²) < 4.78 is 16.4. The van der Waals surface area contributed by atoms with Crippen molar-refractivity contribution in [1.82, 2.24) is 9.80 Å². The molecule has 0 aliphatic rings. The Kier molecular flexibility index (Phi) is 11.1. The molecule has 0 atom stereocenters. The highest BCUT2D eigenvalue weighted by molar-refractivity contribution is 5.96. The smallest absolute Gasteiger partial charge is 0.254 e. The van der Waals surface area contributed by atoms with Crippen molar-refractivity contribution in [3.8, 4) is 5.75 Å². The van der Waals surface area contributed by atoms with Crippen molar-refractivity contribution < 1.29 is 23.5 Å². The number of benzene rings is 2. The molecule has 2 aromatic carbocycles. The first-order valence-corrected chi connectivity index (χ1v) is 12.5. The molecule has 2 amide bonds. The number of amides is 2. The molecule has 3 rings (SSSR count). The summed E-state index contributed by atoms with van der Waals surface area (Å²) in [7, 11) is 1.62. The first kappa shape index (κ1) is 27.0. The molecule has 7 heteroatoms. The molecule has 0 aliphatic carbocycles. The second-order valence-corrected chi connectivity index (χ2v) is 8.61. The molecule has 0 bridgehead atoms. The lowest BCUT2D eigenvalue weighted by molar-refractivity contribution is -0.133. The van der Waals surface area contributed by atoms with Gasteiger partial charge in [0.05, 0.1) is 19.4 Å². The van der Waals surface area contributed by atoms with E-state index in [0.29, 0.717) is 50.6 Å². The number of furan rings is 1. The van der Waals surface area contributed by atoms with Crippen molar-refractivity contribution in [1.29, 1.82) is 0 Å². The van der Waals surface area contributed by atoms with Gasteiger partial charge in [0, 0.05) is 32.4 Å². The molecular formula is C29H36N2O5. The summed E-state index contributed by atoms with van der Waals surface area (Å²) in [5.41, 5.74) is 1.53. The van der Waals surface area contributed by atoms with E-state index in [0.717, 1.165) is 24.2 Å². The highest BCUT2D eigenvalue weighted by atomic mass is 16.5. The fourth-order valence-corrected chi connectivity index (χ4v) is 3.75. The molecular weight excluding hydrogens is 456 g/mol. The highest BCUT2D eigenvalue weighted by Crippen LogP contribution is 2.16. The maximum atomic E-state index is 13.5. The summed E-state index contributed by atoms with van der Waals surface area (Å²) in [5, 5.41) is 0. The van der Waals surface area contributed by atoms with Gasteiger partial charge in [0.25, 0.3) is 5.91 Å². The Morgan fingerprint density at radius 3 is 2.31 bits per heavy atom. The minimum Gasteiger partial charge on any atom is -0.494 e. The van der Waals surface area contributed by atoms with Crippen LogP contribution in [0.3, 0.4) is 0 Å². The number of hydrogen-bond acceptors (Lipinski definition) is 5. The van der Waals surface area contributed by atoms with Crippen LogP contribution in [0.25, 0.3) is 0 Å². The Bertz CT molecular complexity index is 1040. The third-order valence-corrected chi connectivity index (χ3v) is 5.75. The maximum absolute atomic E-state index is 13.5. The molecule has 0 spiro atoms. The number of methoxy groups -OCH3 is 1. The maximum Gasteiger partial charge on any atom is 0.254 e. The van der Waals surface area contributed by atoms with E-state index in [1.807, 2.05) is 36.4 Å². The summed E-state index contributed by atoms with van der Waals surface area (Å²) in [5.74, 6) is 1.07. The number of hydrogen-bond donors (Lipinski definition) is 0. The van der Waals surface area contributed by atoms with E-state index in [-0.39, 0.29) is 18.4 Å². The molecule has 1 heterocycles. The van der Waals surface area contributed by atoms with Crippen LogP contribution in [0.5, 0.6) is 5.75 Å². The van der Waals surface area contributed by atoms with E-state index in [1.54, 1.807) is 53.5 Å². The Hall–Kier alpha value is -3.58. The van der Waals surface area contributed by atoms with Crippen molar-refractivity contribution in [3.05, 3.63) is 89.9 Å². The predicted octanol–water partition coefficient (Wildman–Crippen LogP) is 5.17. The van der Waals surface area contributed by atoms with Gasteiger partial charge in [-0.25, -0.2) is 0 Å². The second-order valence-electron chi connectivity index (χ2n) is 8.61. The van der Waals surface area contributed by atoms with Crippen LogP contribution in [0.1, 0.15) is 47.9 Å². The van der Waals surface area contributed by atoms with Crippen LogP contribution in [0.4, 0.5) is 0 Å². The van der Waals surface area contributed by atoms with Crippen LogP contribution < -0.4 is 4.74 Å². The molecule has 0 unspecified atom stereocenters. The Labute approximate surface area is 213 Å². The average molecular weight is 493 g/mol. The number of ether oxygens (including phenoxy) is 2. The van der Waals surface area contributed by atoms with Crippen molar-refractivity contribution in [2.24, 2.45) is 0 Å². The zero-order chi connectivity index (χ0) is 25.6. The van der Waals surface area contributed by atoms with E-state index in [2.05, 4.69) is 6.92 Å². The number of unbranched alkanes of at least 4 members (excludes halogenated alkanes) is 1. The summed E-state index contributed by atoms with van der Waals surface area (Å²) in [6, 6.07) is 20.5. The Morgan fingerprint density at radius 2 is 1.64 bits per heavy atom. The number of nitrogens with zero attached hydrogens (tertiary/aromatic N) is 2. The van der Waals surface area contributed by atoms with Gasteiger partial charge in [-0.15, -0.1) is 0 Å². The quantitative estimate of drug-likeness (QED) is 0.274.